The Hall–Kier alpha value is -1.75. The smallest absolute Gasteiger partial charge is 0.258 e. The van der Waals surface area contributed by atoms with E-state index in [1.807, 2.05) is 46.0 Å². The SMILES string of the molecule is CCC(C)(C)NC(=O)COc1cc(CNC)ccc1OC. The third kappa shape index (κ3) is 5.63. The number of nitrogens with one attached hydrogen (secondary N) is 2. The Balaban J connectivity index is 2.69. The topological polar surface area (TPSA) is 59.6 Å². The first-order valence-electron chi connectivity index (χ1n) is 7.17. The maximum Gasteiger partial charge on any atom is 0.258 e. The lowest BCUT2D eigenvalue weighted by Gasteiger charge is -2.24. The lowest BCUT2D eigenvalue weighted by Crippen LogP contribution is -2.44. The van der Waals surface area contributed by atoms with Crippen molar-refractivity contribution in [2.45, 2.75) is 39.3 Å². The molecule has 0 radical (unpaired) electrons. The first-order chi connectivity index (χ1) is 9.91. The van der Waals surface area contributed by atoms with Crippen molar-refractivity contribution >= 4 is 5.91 Å². The molecule has 1 amide bonds. The Morgan fingerprint density at radius 2 is 2.00 bits per heavy atom. The predicted octanol–water partition coefficient (Wildman–Crippen LogP) is 2.10. The van der Waals surface area contributed by atoms with E-state index in [1.54, 1.807) is 7.11 Å². The van der Waals surface area contributed by atoms with Gasteiger partial charge in [0.15, 0.2) is 18.1 Å². The fourth-order valence-corrected chi connectivity index (χ4v) is 1.79. The number of ether oxygens (including phenoxy) is 2. The summed E-state index contributed by atoms with van der Waals surface area (Å²) in [7, 11) is 3.46. The van der Waals surface area contributed by atoms with Crippen LogP contribution in [0.1, 0.15) is 32.8 Å². The van der Waals surface area contributed by atoms with Crippen LogP contribution in [0.2, 0.25) is 0 Å². The molecule has 0 aliphatic carbocycles. The van der Waals surface area contributed by atoms with Gasteiger partial charge >= 0.3 is 0 Å². The van der Waals surface area contributed by atoms with E-state index in [2.05, 4.69) is 10.6 Å². The summed E-state index contributed by atoms with van der Waals surface area (Å²) in [6, 6.07) is 5.69. The van der Waals surface area contributed by atoms with Gasteiger partial charge in [-0.05, 0) is 45.0 Å². The molecule has 118 valence electrons. The molecule has 0 aliphatic rings. The van der Waals surface area contributed by atoms with Gasteiger partial charge in [-0.25, -0.2) is 0 Å². The average molecular weight is 294 g/mol. The molecule has 0 saturated heterocycles. The van der Waals surface area contributed by atoms with Gasteiger partial charge in [-0.1, -0.05) is 13.0 Å². The molecule has 0 atom stereocenters. The molecular weight excluding hydrogens is 268 g/mol. The number of hydrogen-bond acceptors (Lipinski definition) is 4. The minimum Gasteiger partial charge on any atom is -0.493 e. The molecule has 0 saturated carbocycles. The van der Waals surface area contributed by atoms with Crippen LogP contribution >= 0.6 is 0 Å². The van der Waals surface area contributed by atoms with Gasteiger partial charge in [0.25, 0.3) is 5.91 Å². The van der Waals surface area contributed by atoms with E-state index in [0.29, 0.717) is 11.5 Å². The molecule has 0 aliphatic heterocycles. The number of benzene rings is 1. The number of carbonyl (C=O) groups excluding carboxylic acids is 1. The van der Waals surface area contributed by atoms with Gasteiger partial charge < -0.3 is 20.1 Å². The van der Waals surface area contributed by atoms with E-state index in [1.165, 1.54) is 0 Å². The summed E-state index contributed by atoms with van der Waals surface area (Å²) in [5.74, 6) is 1.06. The minimum absolute atomic E-state index is 0.0250. The van der Waals surface area contributed by atoms with E-state index >= 15 is 0 Å². The number of methoxy groups -OCH3 is 1. The van der Waals surface area contributed by atoms with Gasteiger partial charge in [-0.3, -0.25) is 4.79 Å². The molecule has 5 nitrogen and oxygen atoms in total. The van der Waals surface area contributed by atoms with Crippen LogP contribution in [0.5, 0.6) is 11.5 Å². The van der Waals surface area contributed by atoms with Crippen LogP contribution in [0.4, 0.5) is 0 Å². The molecule has 5 heteroatoms. The second-order valence-corrected chi connectivity index (χ2v) is 5.59. The quantitative estimate of drug-likeness (QED) is 0.771. The third-order valence-corrected chi connectivity index (χ3v) is 3.33. The number of carbonyl (C=O) groups is 1. The van der Waals surface area contributed by atoms with Gasteiger partial charge in [-0.15, -0.1) is 0 Å². The summed E-state index contributed by atoms with van der Waals surface area (Å²) in [5, 5.41) is 6.01. The highest BCUT2D eigenvalue weighted by atomic mass is 16.5. The lowest BCUT2D eigenvalue weighted by molar-refractivity contribution is -0.124. The van der Waals surface area contributed by atoms with Gasteiger partial charge in [0.1, 0.15) is 0 Å². The summed E-state index contributed by atoms with van der Waals surface area (Å²) in [4.78, 5) is 11.9. The van der Waals surface area contributed by atoms with Crippen molar-refractivity contribution in [2.24, 2.45) is 0 Å². The van der Waals surface area contributed by atoms with Gasteiger partial charge in [0.2, 0.25) is 0 Å². The van der Waals surface area contributed by atoms with Gasteiger partial charge in [-0.2, -0.15) is 0 Å². The highest BCUT2D eigenvalue weighted by Crippen LogP contribution is 2.28. The summed E-state index contributed by atoms with van der Waals surface area (Å²) in [6.45, 7) is 6.71. The standard InChI is InChI=1S/C16H26N2O3/c1-6-16(2,3)18-15(19)11-21-14-9-12(10-17-4)7-8-13(14)20-5/h7-9,17H,6,10-11H2,1-5H3,(H,18,19). The van der Waals surface area contributed by atoms with Crippen molar-refractivity contribution in [3.05, 3.63) is 23.8 Å². The zero-order valence-electron chi connectivity index (χ0n) is 13.6. The minimum atomic E-state index is -0.224. The molecular formula is C16H26N2O3. The van der Waals surface area contributed by atoms with Crippen LogP contribution in [0.3, 0.4) is 0 Å². The second kappa shape index (κ2) is 7.88. The van der Waals surface area contributed by atoms with Crippen molar-refractivity contribution in [1.29, 1.82) is 0 Å². The van der Waals surface area contributed by atoms with E-state index in [4.69, 9.17) is 9.47 Å². The van der Waals surface area contributed by atoms with Crippen molar-refractivity contribution < 1.29 is 14.3 Å². The molecule has 0 heterocycles. The molecule has 0 fully saturated rings. The maximum absolute atomic E-state index is 11.9. The number of amides is 1. The monoisotopic (exact) mass is 294 g/mol. The van der Waals surface area contributed by atoms with Gasteiger partial charge in [0, 0.05) is 12.1 Å². The van der Waals surface area contributed by atoms with Crippen molar-refractivity contribution in [2.75, 3.05) is 20.8 Å². The molecule has 21 heavy (non-hydrogen) atoms. The molecule has 1 rings (SSSR count). The molecule has 1 aromatic rings. The van der Waals surface area contributed by atoms with Crippen LogP contribution in [0, 0.1) is 0 Å². The van der Waals surface area contributed by atoms with Crippen LogP contribution in [0.25, 0.3) is 0 Å². The fourth-order valence-electron chi connectivity index (χ4n) is 1.79. The fraction of sp³-hybridized carbons (Fsp3) is 0.562. The van der Waals surface area contributed by atoms with E-state index in [-0.39, 0.29) is 18.1 Å². The average Bonchev–Trinajstić information content (AvgIpc) is 2.45. The molecule has 2 N–H and O–H groups in total. The highest BCUT2D eigenvalue weighted by Gasteiger charge is 2.18. The molecule has 0 aromatic heterocycles. The maximum atomic E-state index is 11.9. The van der Waals surface area contributed by atoms with Crippen LogP contribution in [0.15, 0.2) is 18.2 Å². The van der Waals surface area contributed by atoms with Crippen LogP contribution in [-0.2, 0) is 11.3 Å². The second-order valence-electron chi connectivity index (χ2n) is 5.59. The summed E-state index contributed by atoms with van der Waals surface area (Å²) >= 11 is 0. The van der Waals surface area contributed by atoms with Crippen LogP contribution in [-0.4, -0.2) is 32.2 Å². The van der Waals surface area contributed by atoms with Gasteiger partial charge in [0.05, 0.1) is 7.11 Å². The third-order valence-electron chi connectivity index (χ3n) is 3.33. The lowest BCUT2D eigenvalue weighted by atomic mass is 10.0. The van der Waals surface area contributed by atoms with E-state index in [0.717, 1.165) is 18.5 Å². The molecule has 0 bridgehead atoms. The first kappa shape index (κ1) is 17.3. The Morgan fingerprint density at radius 3 is 2.57 bits per heavy atom. The normalized spacial score (nSPS) is 11.1. The molecule has 0 unspecified atom stereocenters. The van der Waals surface area contributed by atoms with Crippen molar-refractivity contribution in [3.8, 4) is 11.5 Å². The predicted molar refractivity (Wildman–Crippen MR) is 83.8 cm³/mol. The van der Waals surface area contributed by atoms with E-state index in [9.17, 15) is 4.79 Å². The summed E-state index contributed by atoms with van der Waals surface area (Å²) in [6.07, 6.45) is 0.861. The Labute approximate surface area is 127 Å². The number of hydrogen-bond donors (Lipinski definition) is 2. The highest BCUT2D eigenvalue weighted by molar-refractivity contribution is 5.78. The van der Waals surface area contributed by atoms with E-state index < -0.39 is 0 Å². The Morgan fingerprint density at radius 1 is 1.29 bits per heavy atom. The molecule has 1 aromatic carbocycles. The van der Waals surface area contributed by atoms with Crippen molar-refractivity contribution in [3.63, 3.8) is 0 Å². The molecule has 0 spiro atoms. The largest absolute Gasteiger partial charge is 0.493 e. The first-order valence-corrected chi connectivity index (χ1v) is 7.17. The van der Waals surface area contributed by atoms with Crippen molar-refractivity contribution in [1.82, 2.24) is 10.6 Å². The zero-order chi connectivity index (χ0) is 15.9. The van der Waals surface area contributed by atoms with Crippen LogP contribution < -0.4 is 20.1 Å². The number of rotatable bonds is 8. The Bertz CT molecular complexity index is 473. The zero-order valence-corrected chi connectivity index (χ0v) is 13.6. The summed E-state index contributed by atoms with van der Waals surface area (Å²) < 4.78 is 10.9. The Kier molecular flexibility index (Phi) is 6.49. The summed E-state index contributed by atoms with van der Waals surface area (Å²) in [5.41, 5.74) is 0.848.